The number of rotatable bonds is 4. The lowest BCUT2D eigenvalue weighted by atomic mass is 10.2. The minimum atomic E-state index is -1.08. The Labute approximate surface area is 52.9 Å². The molecule has 0 saturated heterocycles. The van der Waals surface area contributed by atoms with Gasteiger partial charge in [0.2, 0.25) is 6.41 Å². The van der Waals surface area contributed by atoms with Crippen LogP contribution in [0.2, 0.25) is 0 Å². The van der Waals surface area contributed by atoms with Gasteiger partial charge in [-0.1, -0.05) is 6.92 Å². The van der Waals surface area contributed by atoms with Gasteiger partial charge in [0, 0.05) is 0 Å². The molecule has 51 valence electrons. The van der Waals surface area contributed by atoms with Crippen molar-refractivity contribution in [2.45, 2.75) is 13.3 Å². The van der Waals surface area contributed by atoms with E-state index in [2.05, 4.69) is 5.32 Å². The van der Waals surface area contributed by atoms with Gasteiger partial charge in [-0.15, -0.1) is 0 Å². The summed E-state index contributed by atoms with van der Waals surface area (Å²) in [6.07, 6.45) is 0.682. The highest BCUT2D eigenvalue weighted by molar-refractivity contribution is 5.84. The van der Waals surface area contributed by atoms with Crippen LogP contribution >= 0.6 is 0 Å². The molecule has 0 fully saturated rings. The van der Waals surface area contributed by atoms with E-state index in [9.17, 15) is 9.59 Å². The standard InChI is InChI=1S/C5H8NO3/c1-2-4(5(8)9)6-3-7/h3H,2H2,1H3,(H,6,7)(H,8,9). The molecule has 0 aliphatic carbocycles. The fourth-order valence-corrected chi connectivity index (χ4v) is 0.386. The van der Waals surface area contributed by atoms with Gasteiger partial charge in [0.25, 0.3) is 0 Å². The van der Waals surface area contributed by atoms with Crippen LogP contribution in [0.1, 0.15) is 13.3 Å². The van der Waals surface area contributed by atoms with E-state index in [1.165, 1.54) is 0 Å². The number of hydrogen-bond donors (Lipinski definition) is 2. The van der Waals surface area contributed by atoms with E-state index in [-0.39, 0.29) is 6.04 Å². The van der Waals surface area contributed by atoms with Crippen molar-refractivity contribution in [3.63, 3.8) is 0 Å². The van der Waals surface area contributed by atoms with Crippen LogP contribution in [0.3, 0.4) is 0 Å². The van der Waals surface area contributed by atoms with Gasteiger partial charge in [0.15, 0.2) is 6.04 Å². The number of carbonyl (C=O) groups excluding carboxylic acids is 1. The van der Waals surface area contributed by atoms with Gasteiger partial charge in [-0.25, -0.2) is 4.79 Å². The van der Waals surface area contributed by atoms with Gasteiger partial charge in [0.05, 0.1) is 0 Å². The molecule has 0 unspecified atom stereocenters. The minimum absolute atomic E-state index is 0.0185. The molecule has 9 heavy (non-hydrogen) atoms. The topological polar surface area (TPSA) is 66.4 Å². The molecule has 0 aromatic carbocycles. The Hall–Kier alpha value is -1.06. The summed E-state index contributed by atoms with van der Waals surface area (Å²) in [6.45, 7) is 1.65. The Morgan fingerprint density at radius 3 is 2.44 bits per heavy atom. The van der Waals surface area contributed by atoms with Crippen LogP contribution < -0.4 is 5.32 Å². The Balaban J connectivity index is 3.67. The maximum Gasteiger partial charge on any atom is 0.332 e. The molecule has 0 atom stereocenters. The fraction of sp³-hybridized carbons (Fsp3) is 0.400. The lowest BCUT2D eigenvalue weighted by molar-refractivity contribution is -0.136. The normalized spacial score (nSPS) is 9.11. The third-order valence-electron chi connectivity index (χ3n) is 0.845. The molecule has 4 heteroatoms. The average Bonchev–Trinajstić information content (AvgIpc) is 1.82. The molecule has 1 amide bonds. The highest BCUT2D eigenvalue weighted by Gasteiger charge is 2.13. The van der Waals surface area contributed by atoms with Crippen molar-refractivity contribution in [2.75, 3.05) is 0 Å². The second kappa shape index (κ2) is 3.88. The summed E-state index contributed by atoms with van der Waals surface area (Å²) in [6, 6.07) is 0.0185. The van der Waals surface area contributed by atoms with E-state index in [0.717, 1.165) is 0 Å². The zero-order chi connectivity index (χ0) is 7.28. The Morgan fingerprint density at radius 1 is 1.78 bits per heavy atom. The SMILES string of the molecule is CC[C](NC=O)C(=O)O. The smallest absolute Gasteiger partial charge is 0.332 e. The van der Waals surface area contributed by atoms with E-state index in [1.54, 1.807) is 6.92 Å². The third kappa shape index (κ3) is 2.69. The zero-order valence-corrected chi connectivity index (χ0v) is 5.05. The largest absolute Gasteiger partial charge is 0.479 e. The second-order valence-corrected chi connectivity index (χ2v) is 1.40. The van der Waals surface area contributed by atoms with Gasteiger partial charge in [0.1, 0.15) is 0 Å². The molecule has 0 spiro atoms. The van der Waals surface area contributed by atoms with Crippen LogP contribution in [-0.2, 0) is 9.59 Å². The van der Waals surface area contributed by atoms with E-state index < -0.39 is 5.97 Å². The molecule has 0 aliphatic heterocycles. The van der Waals surface area contributed by atoms with E-state index >= 15 is 0 Å². The first-order chi connectivity index (χ1) is 4.22. The van der Waals surface area contributed by atoms with Crippen LogP contribution in [0.4, 0.5) is 0 Å². The van der Waals surface area contributed by atoms with E-state index in [0.29, 0.717) is 12.8 Å². The molecule has 1 radical (unpaired) electrons. The van der Waals surface area contributed by atoms with Gasteiger partial charge >= 0.3 is 5.97 Å². The fourth-order valence-electron chi connectivity index (χ4n) is 0.386. The van der Waals surface area contributed by atoms with Crippen molar-refractivity contribution in [3.8, 4) is 0 Å². The molecule has 0 heterocycles. The van der Waals surface area contributed by atoms with Crippen LogP contribution in [0, 0.1) is 6.04 Å². The quantitative estimate of drug-likeness (QED) is 0.516. The number of carbonyl (C=O) groups is 2. The summed E-state index contributed by atoms with van der Waals surface area (Å²) in [5.74, 6) is -1.08. The molecule has 0 aromatic heterocycles. The number of amides is 1. The Morgan fingerprint density at radius 2 is 2.33 bits per heavy atom. The van der Waals surface area contributed by atoms with Gasteiger partial charge in [-0.05, 0) is 6.42 Å². The number of nitrogens with one attached hydrogen (secondary N) is 1. The summed E-state index contributed by atoms with van der Waals surface area (Å²) in [5.41, 5.74) is 0. The zero-order valence-electron chi connectivity index (χ0n) is 5.05. The second-order valence-electron chi connectivity index (χ2n) is 1.40. The van der Waals surface area contributed by atoms with Crippen LogP contribution in [0.25, 0.3) is 0 Å². The molecule has 0 aromatic rings. The van der Waals surface area contributed by atoms with E-state index in [1.807, 2.05) is 0 Å². The van der Waals surface area contributed by atoms with Gasteiger partial charge in [-0.3, -0.25) is 4.79 Å². The molecule has 0 rings (SSSR count). The predicted molar refractivity (Wildman–Crippen MR) is 30.4 cm³/mol. The van der Waals surface area contributed by atoms with Crippen molar-refractivity contribution in [3.05, 3.63) is 6.04 Å². The summed E-state index contributed by atoms with van der Waals surface area (Å²) >= 11 is 0. The van der Waals surface area contributed by atoms with Crippen LogP contribution in [0.15, 0.2) is 0 Å². The molecule has 0 bridgehead atoms. The monoisotopic (exact) mass is 130 g/mol. The summed E-state index contributed by atoms with van der Waals surface area (Å²) in [5, 5.41) is 10.3. The van der Waals surface area contributed by atoms with E-state index in [4.69, 9.17) is 5.11 Å². The molecule has 4 nitrogen and oxygen atoms in total. The average molecular weight is 130 g/mol. The highest BCUT2D eigenvalue weighted by atomic mass is 16.4. The first-order valence-corrected chi connectivity index (χ1v) is 2.51. The Kier molecular flexibility index (Phi) is 3.43. The first kappa shape index (κ1) is 7.94. The number of carboxylic acid groups (broad SMARTS) is 1. The molecular formula is C5H8NO3. The minimum Gasteiger partial charge on any atom is -0.479 e. The van der Waals surface area contributed by atoms with Crippen LogP contribution in [-0.4, -0.2) is 17.5 Å². The van der Waals surface area contributed by atoms with Crippen LogP contribution in [0.5, 0.6) is 0 Å². The van der Waals surface area contributed by atoms with Crippen molar-refractivity contribution in [1.29, 1.82) is 0 Å². The first-order valence-electron chi connectivity index (χ1n) is 2.51. The van der Waals surface area contributed by atoms with Crippen molar-refractivity contribution < 1.29 is 14.7 Å². The number of carboxylic acids is 1. The highest BCUT2D eigenvalue weighted by Crippen LogP contribution is 1.97. The molecular weight excluding hydrogens is 122 g/mol. The van der Waals surface area contributed by atoms with Gasteiger partial charge in [-0.2, -0.15) is 0 Å². The molecule has 0 saturated carbocycles. The molecule has 2 N–H and O–H groups in total. The van der Waals surface area contributed by atoms with Gasteiger partial charge < -0.3 is 10.4 Å². The maximum atomic E-state index is 10.1. The summed E-state index contributed by atoms with van der Waals surface area (Å²) in [7, 11) is 0. The number of hydrogen-bond acceptors (Lipinski definition) is 2. The van der Waals surface area contributed by atoms with Crippen molar-refractivity contribution in [1.82, 2.24) is 5.32 Å². The Bertz CT molecular complexity index is 113. The lowest BCUT2D eigenvalue weighted by Gasteiger charge is -2.03. The maximum absolute atomic E-state index is 10.1. The number of aliphatic carboxylic acids is 1. The molecule has 0 aliphatic rings. The van der Waals surface area contributed by atoms with Crippen molar-refractivity contribution >= 4 is 12.4 Å². The lowest BCUT2D eigenvalue weighted by Crippen LogP contribution is -2.26. The summed E-state index contributed by atoms with van der Waals surface area (Å²) in [4.78, 5) is 19.7. The third-order valence-corrected chi connectivity index (χ3v) is 0.845. The van der Waals surface area contributed by atoms with Crippen molar-refractivity contribution in [2.24, 2.45) is 0 Å². The predicted octanol–water partition coefficient (Wildman–Crippen LogP) is -0.241. The summed E-state index contributed by atoms with van der Waals surface area (Å²) < 4.78 is 0.